The van der Waals surface area contributed by atoms with Crippen molar-refractivity contribution in [3.05, 3.63) is 53.9 Å². The lowest BCUT2D eigenvalue weighted by Crippen LogP contribution is -2.07. The van der Waals surface area contributed by atoms with Gasteiger partial charge in [0.2, 0.25) is 0 Å². The Morgan fingerprint density at radius 2 is 1.95 bits per heavy atom. The van der Waals surface area contributed by atoms with Gasteiger partial charge in [-0.05, 0) is 29.8 Å². The normalized spacial score (nSPS) is 11.0. The topological polar surface area (TPSA) is 73.3 Å². The molecular formula is C17H19N3O2. The summed E-state index contributed by atoms with van der Waals surface area (Å²) in [7, 11) is 1.65. The molecule has 22 heavy (non-hydrogen) atoms. The van der Waals surface area contributed by atoms with Gasteiger partial charge in [-0.3, -0.25) is 0 Å². The molecule has 2 aromatic carbocycles. The quantitative estimate of drug-likeness (QED) is 0.708. The minimum atomic E-state index is 0.0653. The second-order valence-corrected chi connectivity index (χ2v) is 5.14. The van der Waals surface area contributed by atoms with Gasteiger partial charge in [0.05, 0.1) is 24.9 Å². The molecule has 114 valence electrons. The largest absolute Gasteiger partial charge is 0.497 e. The van der Waals surface area contributed by atoms with E-state index in [2.05, 4.69) is 4.98 Å². The van der Waals surface area contributed by atoms with Crippen molar-refractivity contribution in [3.63, 3.8) is 0 Å². The molecule has 0 amide bonds. The highest BCUT2D eigenvalue weighted by Crippen LogP contribution is 2.23. The van der Waals surface area contributed by atoms with E-state index in [4.69, 9.17) is 10.5 Å². The number of hydrogen-bond acceptors (Lipinski definition) is 4. The molecule has 0 aliphatic rings. The van der Waals surface area contributed by atoms with Crippen LogP contribution in [0.5, 0.6) is 5.75 Å². The molecule has 3 N–H and O–H groups in total. The van der Waals surface area contributed by atoms with Gasteiger partial charge in [0.25, 0.3) is 0 Å². The number of aromatic nitrogens is 2. The Balaban J connectivity index is 2.01. The Morgan fingerprint density at radius 1 is 1.18 bits per heavy atom. The number of fused-ring (bicyclic) bond motifs is 1. The molecule has 0 aliphatic heterocycles. The van der Waals surface area contributed by atoms with Crippen LogP contribution in [0.15, 0.2) is 42.5 Å². The van der Waals surface area contributed by atoms with Gasteiger partial charge >= 0.3 is 0 Å². The van der Waals surface area contributed by atoms with E-state index in [9.17, 15) is 5.11 Å². The summed E-state index contributed by atoms with van der Waals surface area (Å²) in [6.45, 7) is 0.571. The van der Waals surface area contributed by atoms with Gasteiger partial charge < -0.3 is 20.1 Å². The number of nitrogens with two attached hydrogens (primary N) is 1. The maximum atomic E-state index is 9.33. The molecule has 5 nitrogen and oxygen atoms in total. The van der Waals surface area contributed by atoms with Crippen LogP contribution in [0.4, 0.5) is 5.69 Å². The number of aliphatic hydroxyl groups excluding tert-OH is 1. The molecule has 0 saturated heterocycles. The summed E-state index contributed by atoms with van der Waals surface area (Å²) in [5.41, 5.74) is 9.55. The Morgan fingerprint density at radius 3 is 2.64 bits per heavy atom. The van der Waals surface area contributed by atoms with Gasteiger partial charge in [-0.25, -0.2) is 4.98 Å². The van der Waals surface area contributed by atoms with Gasteiger partial charge in [0, 0.05) is 13.0 Å². The Bertz CT molecular complexity index is 778. The molecule has 0 radical (unpaired) electrons. The molecule has 0 fully saturated rings. The molecule has 0 unspecified atom stereocenters. The minimum Gasteiger partial charge on any atom is -0.497 e. The zero-order chi connectivity index (χ0) is 15.5. The molecule has 0 aliphatic carbocycles. The third kappa shape index (κ3) is 2.63. The lowest BCUT2D eigenvalue weighted by atomic mass is 10.1. The van der Waals surface area contributed by atoms with E-state index in [0.717, 1.165) is 28.2 Å². The molecule has 5 heteroatoms. The van der Waals surface area contributed by atoms with Crippen LogP contribution in [0, 0.1) is 0 Å². The van der Waals surface area contributed by atoms with Crippen LogP contribution in [0.2, 0.25) is 0 Å². The number of nitrogens with zero attached hydrogens (tertiary/aromatic N) is 2. The third-order valence-corrected chi connectivity index (χ3v) is 3.73. The zero-order valence-corrected chi connectivity index (χ0v) is 12.5. The lowest BCUT2D eigenvalue weighted by Gasteiger charge is -2.08. The van der Waals surface area contributed by atoms with E-state index in [-0.39, 0.29) is 6.61 Å². The molecule has 1 heterocycles. The molecular weight excluding hydrogens is 278 g/mol. The second-order valence-electron chi connectivity index (χ2n) is 5.14. The first kappa shape index (κ1) is 14.4. The van der Waals surface area contributed by atoms with Crippen LogP contribution in [0.3, 0.4) is 0 Å². The minimum absolute atomic E-state index is 0.0653. The summed E-state index contributed by atoms with van der Waals surface area (Å²) >= 11 is 0. The number of imidazole rings is 1. The van der Waals surface area contributed by atoms with E-state index in [1.165, 1.54) is 0 Å². The van der Waals surface area contributed by atoms with E-state index in [1.807, 2.05) is 47.0 Å². The monoisotopic (exact) mass is 297 g/mol. The number of para-hydroxylation sites is 1. The summed E-state index contributed by atoms with van der Waals surface area (Å²) in [6, 6.07) is 13.6. The summed E-state index contributed by atoms with van der Waals surface area (Å²) in [6.07, 6.45) is 0.679. The summed E-state index contributed by atoms with van der Waals surface area (Å²) in [4.78, 5) is 4.66. The highest BCUT2D eigenvalue weighted by molar-refractivity contribution is 5.87. The first-order chi connectivity index (χ1) is 10.7. The fraction of sp³-hybridized carbons (Fsp3) is 0.235. The Hall–Kier alpha value is -2.53. The van der Waals surface area contributed by atoms with Crippen molar-refractivity contribution in [3.8, 4) is 5.75 Å². The summed E-state index contributed by atoms with van der Waals surface area (Å²) < 4.78 is 7.20. The van der Waals surface area contributed by atoms with E-state index < -0.39 is 0 Å². The lowest BCUT2D eigenvalue weighted by molar-refractivity contribution is 0.276. The number of rotatable bonds is 5. The van der Waals surface area contributed by atoms with Gasteiger partial charge in [0.1, 0.15) is 17.1 Å². The Labute approximate surface area is 129 Å². The average Bonchev–Trinajstić information content (AvgIpc) is 2.88. The molecule has 0 bridgehead atoms. The Kier molecular flexibility index (Phi) is 3.98. The number of aliphatic hydroxyl groups is 1. The van der Waals surface area contributed by atoms with Gasteiger partial charge in [0.15, 0.2) is 0 Å². The van der Waals surface area contributed by atoms with Gasteiger partial charge in [-0.1, -0.05) is 18.2 Å². The standard InChI is InChI=1S/C17H19N3O2/c1-22-13-7-5-12(6-8-13)11-16-19-17-14(18)3-2-4-15(17)20(16)9-10-21/h2-8,21H,9-11,18H2,1H3. The first-order valence-corrected chi connectivity index (χ1v) is 7.20. The molecule has 0 atom stereocenters. The van der Waals surface area contributed by atoms with Crippen LogP contribution >= 0.6 is 0 Å². The van der Waals surface area contributed by atoms with Crippen molar-refractivity contribution >= 4 is 16.7 Å². The van der Waals surface area contributed by atoms with Crippen LogP contribution in [-0.4, -0.2) is 28.4 Å². The fourth-order valence-electron chi connectivity index (χ4n) is 2.63. The molecule has 1 aromatic heterocycles. The van der Waals surface area contributed by atoms with Crippen LogP contribution in [0.1, 0.15) is 11.4 Å². The second kappa shape index (κ2) is 6.07. The van der Waals surface area contributed by atoms with Crippen LogP contribution in [-0.2, 0) is 13.0 Å². The number of hydrogen-bond donors (Lipinski definition) is 2. The van der Waals surface area contributed by atoms with E-state index in [0.29, 0.717) is 18.7 Å². The van der Waals surface area contributed by atoms with Crippen molar-refractivity contribution in [2.75, 3.05) is 19.5 Å². The number of ether oxygens (including phenoxy) is 1. The summed E-state index contributed by atoms with van der Waals surface area (Å²) in [5, 5.41) is 9.33. The van der Waals surface area contributed by atoms with E-state index >= 15 is 0 Å². The number of benzene rings is 2. The SMILES string of the molecule is COc1ccc(Cc2nc3c(N)cccc3n2CCO)cc1. The van der Waals surface area contributed by atoms with Crippen LogP contribution < -0.4 is 10.5 Å². The van der Waals surface area contributed by atoms with Gasteiger partial charge in [-0.2, -0.15) is 0 Å². The fourth-order valence-corrected chi connectivity index (χ4v) is 2.63. The highest BCUT2D eigenvalue weighted by Gasteiger charge is 2.12. The van der Waals surface area contributed by atoms with Crippen LogP contribution in [0.25, 0.3) is 11.0 Å². The zero-order valence-electron chi connectivity index (χ0n) is 12.5. The molecule has 3 aromatic rings. The predicted molar refractivity (Wildman–Crippen MR) is 87.0 cm³/mol. The molecule has 3 rings (SSSR count). The number of methoxy groups -OCH3 is 1. The van der Waals surface area contributed by atoms with Crippen molar-refractivity contribution < 1.29 is 9.84 Å². The van der Waals surface area contributed by atoms with Crippen molar-refractivity contribution in [1.29, 1.82) is 0 Å². The van der Waals surface area contributed by atoms with Crippen molar-refractivity contribution in [2.24, 2.45) is 0 Å². The maximum Gasteiger partial charge on any atom is 0.118 e. The van der Waals surface area contributed by atoms with E-state index in [1.54, 1.807) is 7.11 Å². The first-order valence-electron chi connectivity index (χ1n) is 7.20. The predicted octanol–water partition coefficient (Wildman–Crippen LogP) is 2.21. The van der Waals surface area contributed by atoms with Crippen molar-refractivity contribution in [2.45, 2.75) is 13.0 Å². The summed E-state index contributed by atoms with van der Waals surface area (Å²) in [5.74, 6) is 1.73. The number of nitrogen functional groups attached to an aromatic ring is 1. The average molecular weight is 297 g/mol. The maximum absolute atomic E-state index is 9.33. The third-order valence-electron chi connectivity index (χ3n) is 3.73. The smallest absolute Gasteiger partial charge is 0.118 e. The highest BCUT2D eigenvalue weighted by atomic mass is 16.5. The van der Waals surface area contributed by atoms with Crippen molar-refractivity contribution in [1.82, 2.24) is 9.55 Å². The molecule has 0 spiro atoms. The van der Waals surface area contributed by atoms with Gasteiger partial charge in [-0.15, -0.1) is 0 Å². The number of anilines is 1. The molecule has 0 saturated carbocycles.